The molecule has 6 heteroatoms. The van der Waals surface area contributed by atoms with Crippen molar-refractivity contribution in [3.05, 3.63) is 0 Å². The SMILES string of the molecule is CCN(CC)CCN1CCC(C(=O)O)C(C(=O)O)C1. The minimum absolute atomic E-state index is 0.341. The monoisotopic (exact) mass is 272 g/mol. The van der Waals surface area contributed by atoms with Gasteiger partial charge in [0.05, 0.1) is 11.8 Å². The van der Waals surface area contributed by atoms with E-state index in [2.05, 4.69) is 23.6 Å². The predicted molar refractivity (Wildman–Crippen MR) is 71.1 cm³/mol. The summed E-state index contributed by atoms with van der Waals surface area (Å²) in [7, 11) is 0. The maximum absolute atomic E-state index is 11.2. The number of carboxylic acids is 2. The molecule has 2 unspecified atom stereocenters. The zero-order chi connectivity index (χ0) is 14.4. The molecule has 110 valence electrons. The Labute approximate surface area is 114 Å². The standard InChI is InChI=1S/C13H24N2O4/c1-3-14(4-2)7-8-15-6-5-10(12(16)17)11(9-15)13(18)19/h10-11H,3-9H2,1-2H3,(H,16,17)(H,18,19). The summed E-state index contributed by atoms with van der Waals surface area (Å²) in [5.41, 5.74) is 0. The van der Waals surface area contributed by atoms with Crippen LogP contribution in [-0.2, 0) is 9.59 Å². The number of carbonyl (C=O) groups is 2. The number of aliphatic carboxylic acids is 2. The highest BCUT2D eigenvalue weighted by Gasteiger charge is 2.38. The van der Waals surface area contributed by atoms with E-state index in [0.717, 1.165) is 26.2 Å². The van der Waals surface area contributed by atoms with Crippen LogP contribution in [0.3, 0.4) is 0 Å². The summed E-state index contributed by atoms with van der Waals surface area (Å²) in [6.07, 6.45) is 0.421. The highest BCUT2D eigenvalue weighted by Crippen LogP contribution is 2.24. The maximum atomic E-state index is 11.2. The van der Waals surface area contributed by atoms with E-state index in [4.69, 9.17) is 10.2 Å². The number of likely N-dealkylation sites (tertiary alicyclic amines) is 1. The van der Waals surface area contributed by atoms with E-state index >= 15 is 0 Å². The molecule has 0 amide bonds. The minimum Gasteiger partial charge on any atom is -0.481 e. The second kappa shape index (κ2) is 7.45. The molecule has 1 fully saturated rings. The van der Waals surface area contributed by atoms with E-state index in [0.29, 0.717) is 19.5 Å². The molecule has 1 aliphatic heterocycles. The lowest BCUT2D eigenvalue weighted by atomic mass is 9.85. The topological polar surface area (TPSA) is 81.1 Å². The molecule has 0 radical (unpaired) electrons. The number of hydrogen-bond acceptors (Lipinski definition) is 4. The Morgan fingerprint density at radius 2 is 1.74 bits per heavy atom. The molecule has 0 aliphatic carbocycles. The van der Waals surface area contributed by atoms with E-state index in [1.165, 1.54) is 0 Å². The molecular formula is C13H24N2O4. The van der Waals surface area contributed by atoms with Crippen molar-refractivity contribution in [3.63, 3.8) is 0 Å². The van der Waals surface area contributed by atoms with Gasteiger partial charge in [-0.15, -0.1) is 0 Å². The summed E-state index contributed by atoms with van der Waals surface area (Å²) < 4.78 is 0. The number of piperidine rings is 1. The number of nitrogens with zero attached hydrogens (tertiary/aromatic N) is 2. The number of hydrogen-bond donors (Lipinski definition) is 2. The fourth-order valence-electron chi connectivity index (χ4n) is 2.59. The molecule has 0 bridgehead atoms. The van der Waals surface area contributed by atoms with Gasteiger partial charge in [-0.2, -0.15) is 0 Å². The fraction of sp³-hybridized carbons (Fsp3) is 0.846. The first-order valence-corrected chi connectivity index (χ1v) is 6.89. The molecule has 0 aromatic carbocycles. The van der Waals surface area contributed by atoms with Crippen LogP contribution in [0.25, 0.3) is 0 Å². The van der Waals surface area contributed by atoms with Gasteiger partial charge in [-0.1, -0.05) is 13.8 Å². The first-order valence-electron chi connectivity index (χ1n) is 6.89. The summed E-state index contributed by atoms with van der Waals surface area (Å²) in [6, 6.07) is 0. The summed E-state index contributed by atoms with van der Waals surface area (Å²) in [5, 5.41) is 18.2. The van der Waals surface area contributed by atoms with E-state index < -0.39 is 23.8 Å². The number of likely N-dealkylation sites (N-methyl/N-ethyl adjacent to an activating group) is 1. The second-order valence-corrected chi connectivity index (χ2v) is 5.01. The van der Waals surface area contributed by atoms with Crippen molar-refractivity contribution in [2.45, 2.75) is 20.3 Å². The van der Waals surface area contributed by atoms with E-state index in [-0.39, 0.29) is 0 Å². The average molecular weight is 272 g/mol. The molecule has 19 heavy (non-hydrogen) atoms. The van der Waals surface area contributed by atoms with Crippen LogP contribution in [0.15, 0.2) is 0 Å². The van der Waals surface area contributed by atoms with Crippen LogP contribution in [0.1, 0.15) is 20.3 Å². The van der Waals surface area contributed by atoms with Crippen LogP contribution in [-0.4, -0.2) is 71.2 Å². The van der Waals surface area contributed by atoms with Gasteiger partial charge in [-0.25, -0.2) is 0 Å². The van der Waals surface area contributed by atoms with Crippen LogP contribution in [0, 0.1) is 11.8 Å². The van der Waals surface area contributed by atoms with Crippen LogP contribution in [0.4, 0.5) is 0 Å². The summed E-state index contributed by atoms with van der Waals surface area (Å²) >= 11 is 0. The highest BCUT2D eigenvalue weighted by atomic mass is 16.4. The quantitative estimate of drug-likeness (QED) is 0.700. The lowest BCUT2D eigenvalue weighted by Gasteiger charge is -2.35. The third kappa shape index (κ3) is 4.47. The Morgan fingerprint density at radius 3 is 2.21 bits per heavy atom. The van der Waals surface area contributed by atoms with Gasteiger partial charge >= 0.3 is 11.9 Å². The van der Waals surface area contributed by atoms with Gasteiger partial charge < -0.3 is 20.0 Å². The van der Waals surface area contributed by atoms with E-state index in [1.807, 2.05) is 0 Å². The van der Waals surface area contributed by atoms with Crippen LogP contribution in [0.2, 0.25) is 0 Å². The summed E-state index contributed by atoms with van der Waals surface area (Å²) in [5.74, 6) is -3.53. The van der Waals surface area contributed by atoms with Crippen LogP contribution in [0.5, 0.6) is 0 Å². The van der Waals surface area contributed by atoms with Gasteiger partial charge in [0.15, 0.2) is 0 Å². The van der Waals surface area contributed by atoms with Gasteiger partial charge in [0.1, 0.15) is 0 Å². The molecule has 1 rings (SSSR count). The smallest absolute Gasteiger partial charge is 0.308 e. The Kier molecular flexibility index (Phi) is 6.24. The first-order chi connectivity index (χ1) is 8.99. The number of carboxylic acid groups (broad SMARTS) is 2. The number of rotatable bonds is 7. The van der Waals surface area contributed by atoms with Gasteiger partial charge in [0.2, 0.25) is 0 Å². The molecular weight excluding hydrogens is 248 g/mol. The zero-order valence-corrected chi connectivity index (χ0v) is 11.7. The van der Waals surface area contributed by atoms with Crippen molar-refractivity contribution in [1.82, 2.24) is 9.80 Å². The minimum atomic E-state index is -1.00. The largest absolute Gasteiger partial charge is 0.481 e. The van der Waals surface area contributed by atoms with Crippen LogP contribution < -0.4 is 0 Å². The first kappa shape index (κ1) is 15.9. The van der Waals surface area contributed by atoms with Gasteiger partial charge in [-0.3, -0.25) is 9.59 Å². The Hall–Kier alpha value is -1.14. The van der Waals surface area contributed by atoms with Gasteiger partial charge in [-0.05, 0) is 26.1 Å². The molecule has 0 spiro atoms. The lowest BCUT2D eigenvalue weighted by Crippen LogP contribution is -2.48. The van der Waals surface area contributed by atoms with E-state index in [1.54, 1.807) is 0 Å². The molecule has 1 heterocycles. The molecule has 2 N–H and O–H groups in total. The second-order valence-electron chi connectivity index (χ2n) is 5.01. The van der Waals surface area contributed by atoms with Crippen molar-refractivity contribution < 1.29 is 19.8 Å². The average Bonchev–Trinajstić information content (AvgIpc) is 2.39. The van der Waals surface area contributed by atoms with Crippen molar-refractivity contribution >= 4 is 11.9 Å². The molecule has 1 saturated heterocycles. The Morgan fingerprint density at radius 1 is 1.16 bits per heavy atom. The third-order valence-corrected chi connectivity index (χ3v) is 3.96. The molecule has 0 aromatic heterocycles. The van der Waals surface area contributed by atoms with Gasteiger partial charge in [0.25, 0.3) is 0 Å². The molecule has 0 aromatic rings. The highest BCUT2D eigenvalue weighted by molar-refractivity contribution is 5.80. The van der Waals surface area contributed by atoms with Crippen molar-refractivity contribution in [3.8, 4) is 0 Å². The van der Waals surface area contributed by atoms with Crippen LogP contribution >= 0.6 is 0 Å². The van der Waals surface area contributed by atoms with Crippen molar-refractivity contribution in [2.24, 2.45) is 11.8 Å². The maximum Gasteiger partial charge on any atom is 0.308 e. The molecule has 1 aliphatic rings. The molecule has 2 atom stereocenters. The van der Waals surface area contributed by atoms with Crippen molar-refractivity contribution in [2.75, 3.05) is 39.3 Å². The van der Waals surface area contributed by atoms with Gasteiger partial charge in [0, 0.05) is 19.6 Å². The van der Waals surface area contributed by atoms with E-state index in [9.17, 15) is 9.59 Å². The Balaban J connectivity index is 2.52. The third-order valence-electron chi connectivity index (χ3n) is 3.96. The zero-order valence-electron chi connectivity index (χ0n) is 11.7. The lowest BCUT2D eigenvalue weighted by molar-refractivity contribution is -0.157. The molecule has 6 nitrogen and oxygen atoms in total. The normalized spacial score (nSPS) is 24.6. The summed E-state index contributed by atoms with van der Waals surface area (Å²) in [6.45, 7) is 8.86. The summed E-state index contributed by atoms with van der Waals surface area (Å²) in [4.78, 5) is 26.6. The predicted octanol–water partition coefficient (Wildman–Crippen LogP) is 0.436. The Bertz CT molecular complexity index is 318. The fourth-order valence-corrected chi connectivity index (χ4v) is 2.59. The van der Waals surface area contributed by atoms with Crippen molar-refractivity contribution in [1.29, 1.82) is 0 Å². The molecule has 0 saturated carbocycles.